The summed E-state index contributed by atoms with van der Waals surface area (Å²) >= 11 is 0. The molecular weight excluding hydrogens is 148 g/mol. The third kappa shape index (κ3) is 2.48. The molecular formula is C11H22O. The smallest absolute Gasteiger partial charge is 0.0459 e. The second kappa shape index (κ2) is 3.78. The first-order valence-electron chi connectivity index (χ1n) is 5.16. The van der Waals surface area contributed by atoms with Crippen LogP contribution >= 0.6 is 0 Å². The van der Waals surface area contributed by atoms with E-state index in [0.717, 1.165) is 5.92 Å². The Morgan fingerprint density at radius 1 is 1.50 bits per heavy atom. The minimum Gasteiger partial charge on any atom is -0.396 e. The fourth-order valence-corrected chi connectivity index (χ4v) is 2.39. The van der Waals surface area contributed by atoms with Gasteiger partial charge in [-0.2, -0.15) is 0 Å². The van der Waals surface area contributed by atoms with Crippen molar-refractivity contribution in [2.45, 2.75) is 46.5 Å². The zero-order valence-corrected chi connectivity index (χ0v) is 8.64. The van der Waals surface area contributed by atoms with Crippen molar-refractivity contribution in [1.82, 2.24) is 0 Å². The van der Waals surface area contributed by atoms with Crippen LogP contribution in [0.2, 0.25) is 0 Å². The van der Waals surface area contributed by atoms with Gasteiger partial charge in [0.25, 0.3) is 0 Å². The first kappa shape index (κ1) is 10.0. The summed E-state index contributed by atoms with van der Waals surface area (Å²) in [6.45, 7) is 7.24. The van der Waals surface area contributed by atoms with Crippen molar-refractivity contribution >= 4 is 0 Å². The molecule has 2 unspecified atom stereocenters. The molecule has 1 saturated carbocycles. The van der Waals surface area contributed by atoms with Crippen LogP contribution in [0.25, 0.3) is 0 Å². The van der Waals surface area contributed by atoms with Crippen LogP contribution in [0.4, 0.5) is 0 Å². The maximum atomic E-state index is 9.06. The highest BCUT2D eigenvalue weighted by Crippen LogP contribution is 2.41. The highest BCUT2D eigenvalue weighted by molar-refractivity contribution is 4.81. The third-order valence-electron chi connectivity index (χ3n) is 3.34. The fraction of sp³-hybridized carbons (Fsp3) is 1.00. The maximum Gasteiger partial charge on any atom is 0.0459 e. The van der Waals surface area contributed by atoms with Crippen molar-refractivity contribution in [1.29, 1.82) is 0 Å². The van der Waals surface area contributed by atoms with Crippen molar-refractivity contribution in [2.75, 3.05) is 6.61 Å². The molecule has 0 radical (unpaired) electrons. The lowest BCUT2D eigenvalue weighted by Gasteiger charge is -2.37. The minimum atomic E-state index is 0.362. The summed E-state index contributed by atoms with van der Waals surface area (Å²) in [5.74, 6) is 1.27. The Bertz CT molecular complexity index is 140. The second-order valence-electron chi connectivity index (χ2n) is 5.18. The molecule has 0 aromatic carbocycles. The van der Waals surface area contributed by atoms with E-state index >= 15 is 0 Å². The van der Waals surface area contributed by atoms with E-state index < -0.39 is 0 Å². The Morgan fingerprint density at radius 3 is 2.67 bits per heavy atom. The van der Waals surface area contributed by atoms with Crippen molar-refractivity contribution in [2.24, 2.45) is 17.3 Å². The summed E-state index contributed by atoms with van der Waals surface area (Å²) in [5.41, 5.74) is 0.520. The lowest BCUT2D eigenvalue weighted by molar-refractivity contribution is 0.103. The summed E-state index contributed by atoms with van der Waals surface area (Å²) in [7, 11) is 0. The Hall–Kier alpha value is -0.0400. The predicted molar refractivity (Wildman–Crippen MR) is 52.0 cm³/mol. The molecule has 1 nitrogen and oxygen atoms in total. The molecule has 0 heterocycles. The molecule has 0 spiro atoms. The van der Waals surface area contributed by atoms with Gasteiger partial charge < -0.3 is 5.11 Å². The fourth-order valence-electron chi connectivity index (χ4n) is 2.39. The van der Waals surface area contributed by atoms with Crippen LogP contribution in [0, 0.1) is 17.3 Å². The van der Waals surface area contributed by atoms with Gasteiger partial charge in [0.15, 0.2) is 0 Å². The molecule has 1 heteroatoms. The van der Waals surface area contributed by atoms with E-state index in [0.29, 0.717) is 17.9 Å². The average molecular weight is 170 g/mol. The molecule has 0 bridgehead atoms. The molecule has 0 aromatic heterocycles. The van der Waals surface area contributed by atoms with Gasteiger partial charge in [-0.25, -0.2) is 0 Å². The Balaban J connectivity index is 2.46. The molecule has 0 aromatic rings. The highest BCUT2D eigenvalue weighted by Gasteiger charge is 2.30. The van der Waals surface area contributed by atoms with Gasteiger partial charge in [-0.05, 0) is 30.1 Å². The Kier molecular flexibility index (Phi) is 3.16. The van der Waals surface area contributed by atoms with Crippen molar-refractivity contribution in [3.05, 3.63) is 0 Å². The molecule has 0 aliphatic heterocycles. The molecule has 12 heavy (non-hydrogen) atoms. The summed E-state index contributed by atoms with van der Waals surface area (Å²) < 4.78 is 0. The third-order valence-corrected chi connectivity index (χ3v) is 3.34. The van der Waals surface area contributed by atoms with Gasteiger partial charge in [-0.1, -0.05) is 33.6 Å². The lowest BCUT2D eigenvalue weighted by Crippen LogP contribution is -2.27. The molecule has 0 amide bonds. The van der Waals surface area contributed by atoms with Gasteiger partial charge in [0.1, 0.15) is 0 Å². The van der Waals surface area contributed by atoms with Gasteiger partial charge in [0, 0.05) is 6.61 Å². The Morgan fingerprint density at radius 2 is 2.17 bits per heavy atom. The van der Waals surface area contributed by atoms with E-state index in [4.69, 9.17) is 5.11 Å². The molecule has 1 fully saturated rings. The number of aliphatic hydroxyl groups excluding tert-OH is 1. The van der Waals surface area contributed by atoms with Gasteiger partial charge in [-0.3, -0.25) is 0 Å². The Labute approximate surface area is 76.2 Å². The van der Waals surface area contributed by atoms with Gasteiger partial charge in [0.05, 0.1) is 0 Å². The molecule has 2 atom stereocenters. The summed E-state index contributed by atoms with van der Waals surface area (Å²) in [6.07, 6.45) is 5.34. The van der Waals surface area contributed by atoms with E-state index in [1.165, 1.54) is 25.7 Å². The topological polar surface area (TPSA) is 20.2 Å². The SMILES string of the molecule is CC(CO)C1CCCC(C)(C)C1. The van der Waals surface area contributed by atoms with Crippen LogP contribution in [-0.4, -0.2) is 11.7 Å². The van der Waals surface area contributed by atoms with Crippen LogP contribution in [0.5, 0.6) is 0 Å². The van der Waals surface area contributed by atoms with E-state index in [9.17, 15) is 0 Å². The minimum absolute atomic E-state index is 0.362. The van der Waals surface area contributed by atoms with Crippen LogP contribution in [0.3, 0.4) is 0 Å². The zero-order valence-electron chi connectivity index (χ0n) is 8.64. The summed E-state index contributed by atoms with van der Waals surface area (Å²) in [6, 6.07) is 0. The first-order chi connectivity index (χ1) is 5.55. The number of rotatable bonds is 2. The summed E-state index contributed by atoms with van der Waals surface area (Å²) in [4.78, 5) is 0. The summed E-state index contributed by atoms with van der Waals surface area (Å²) in [5, 5.41) is 9.06. The monoisotopic (exact) mass is 170 g/mol. The van der Waals surface area contributed by atoms with Crippen LogP contribution in [0.1, 0.15) is 46.5 Å². The molecule has 1 N–H and O–H groups in total. The molecule has 0 saturated heterocycles. The van der Waals surface area contributed by atoms with Gasteiger partial charge in [0.2, 0.25) is 0 Å². The van der Waals surface area contributed by atoms with Crippen molar-refractivity contribution < 1.29 is 5.11 Å². The number of aliphatic hydroxyl groups is 1. The standard InChI is InChI=1S/C11H22O/c1-9(8-12)10-5-4-6-11(2,3)7-10/h9-10,12H,4-8H2,1-3H3. The van der Waals surface area contributed by atoms with Gasteiger partial charge >= 0.3 is 0 Å². The van der Waals surface area contributed by atoms with Crippen LogP contribution in [-0.2, 0) is 0 Å². The van der Waals surface area contributed by atoms with Crippen molar-refractivity contribution in [3.8, 4) is 0 Å². The predicted octanol–water partition coefficient (Wildman–Crippen LogP) is 2.83. The van der Waals surface area contributed by atoms with E-state index in [1.54, 1.807) is 0 Å². The largest absolute Gasteiger partial charge is 0.396 e. The van der Waals surface area contributed by atoms with E-state index in [2.05, 4.69) is 20.8 Å². The average Bonchev–Trinajstić information content (AvgIpc) is 2.01. The quantitative estimate of drug-likeness (QED) is 0.675. The molecule has 1 rings (SSSR count). The normalized spacial score (nSPS) is 31.5. The van der Waals surface area contributed by atoms with E-state index in [-0.39, 0.29) is 0 Å². The first-order valence-corrected chi connectivity index (χ1v) is 5.16. The van der Waals surface area contributed by atoms with Crippen LogP contribution in [0.15, 0.2) is 0 Å². The molecule has 1 aliphatic carbocycles. The number of hydrogen-bond donors (Lipinski definition) is 1. The highest BCUT2D eigenvalue weighted by atomic mass is 16.3. The second-order valence-corrected chi connectivity index (χ2v) is 5.18. The van der Waals surface area contributed by atoms with Gasteiger partial charge in [-0.15, -0.1) is 0 Å². The van der Waals surface area contributed by atoms with Crippen LogP contribution < -0.4 is 0 Å². The van der Waals surface area contributed by atoms with E-state index in [1.807, 2.05) is 0 Å². The molecule has 1 aliphatic rings. The number of hydrogen-bond acceptors (Lipinski definition) is 1. The van der Waals surface area contributed by atoms with Crippen molar-refractivity contribution in [3.63, 3.8) is 0 Å². The molecule has 72 valence electrons. The maximum absolute atomic E-state index is 9.06. The lowest BCUT2D eigenvalue weighted by atomic mass is 9.69. The zero-order chi connectivity index (χ0) is 9.19.